The van der Waals surface area contributed by atoms with E-state index in [1.807, 2.05) is 6.92 Å². The lowest BCUT2D eigenvalue weighted by Gasteiger charge is -2.05. The number of ether oxygens (including phenoxy) is 3. The Labute approximate surface area is 165 Å². The first kappa shape index (κ1) is 18.4. The number of fused-ring (bicyclic) bond motifs is 1. The Balaban J connectivity index is 1.40. The second-order valence-corrected chi connectivity index (χ2v) is 6.14. The second-order valence-electron chi connectivity index (χ2n) is 6.14. The Morgan fingerprint density at radius 1 is 1.24 bits per heavy atom. The predicted molar refractivity (Wildman–Crippen MR) is 100.0 cm³/mol. The molecule has 0 unspecified atom stereocenters. The highest BCUT2D eigenvalue weighted by molar-refractivity contribution is 6.06. The number of carbonyl (C=O) groups is 2. The molecule has 10 heteroatoms. The molecular weight excluding hydrogens is 380 g/mol. The van der Waals surface area contributed by atoms with E-state index in [-0.39, 0.29) is 30.5 Å². The van der Waals surface area contributed by atoms with Gasteiger partial charge in [0.2, 0.25) is 6.79 Å². The molecule has 2 aromatic heterocycles. The highest BCUT2D eigenvalue weighted by Gasteiger charge is 2.19. The van der Waals surface area contributed by atoms with E-state index in [0.717, 1.165) is 0 Å². The van der Waals surface area contributed by atoms with Crippen LogP contribution < -0.4 is 25.3 Å². The van der Waals surface area contributed by atoms with E-state index in [0.29, 0.717) is 29.6 Å². The molecule has 3 aromatic rings. The molecule has 3 heterocycles. The summed E-state index contributed by atoms with van der Waals surface area (Å²) in [5, 5.41) is 6.62. The van der Waals surface area contributed by atoms with Gasteiger partial charge in [-0.2, -0.15) is 5.10 Å². The number of carbonyl (C=O) groups excluding carboxylic acids is 2. The van der Waals surface area contributed by atoms with Crippen molar-refractivity contribution in [1.82, 2.24) is 9.78 Å². The fraction of sp³-hybridized carbons (Fsp3) is 0.211. The Bertz CT molecular complexity index is 1070. The molecular formula is C19H18N4O6. The molecule has 0 radical (unpaired) electrons. The fourth-order valence-corrected chi connectivity index (χ4v) is 2.74. The summed E-state index contributed by atoms with van der Waals surface area (Å²) in [7, 11) is 0. The molecule has 10 nitrogen and oxygen atoms in total. The van der Waals surface area contributed by atoms with Crippen molar-refractivity contribution in [3.63, 3.8) is 0 Å². The molecule has 29 heavy (non-hydrogen) atoms. The molecule has 3 N–H and O–H groups in total. The van der Waals surface area contributed by atoms with Crippen LogP contribution in [0.25, 0.3) is 0 Å². The summed E-state index contributed by atoms with van der Waals surface area (Å²) in [4.78, 5) is 23.9. The van der Waals surface area contributed by atoms with Crippen LogP contribution in [-0.4, -0.2) is 28.4 Å². The maximum absolute atomic E-state index is 12.4. The molecule has 2 amide bonds. The van der Waals surface area contributed by atoms with E-state index in [9.17, 15) is 9.59 Å². The lowest BCUT2D eigenvalue weighted by molar-refractivity contribution is 0.0992. The third-order valence-electron chi connectivity index (χ3n) is 4.18. The summed E-state index contributed by atoms with van der Waals surface area (Å²) in [6.45, 7) is 2.68. The molecule has 0 spiro atoms. The fourth-order valence-electron chi connectivity index (χ4n) is 2.74. The third kappa shape index (κ3) is 3.86. The van der Waals surface area contributed by atoms with E-state index >= 15 is 0 Å². The van der Waals surface area contributed by atoms with E-state index < -0.39 is 11.8 Å². The Kier molecular flexibility index (Phi) is 4.82. The lowest BCUT2D eigenvalue weighted by atomic mass is 10.3. The van der Waals surface area contributed by atoms with Crippen LogP contribution >= 0.6 is 0 Å². The van der Waals surface area contributed by atoms with Gasteiger partial charge in [0.15, 0.2) is 23.0 Å². The quantitative estimate of drug-likeness (QED) is 0.623. The zero-order chi connectivity index (χ0) is 20.4. The summed E-state index contributed by atoms with van der Waals surface area (Å²) in [6.07, 6.45) is 1.53. The standard InChI is InChI=1S/C19H18N4O6/c1-2-23-8-13(17(22-23)18(20)24)21-19(25)15-6-4-12(29-15)9-26-11-3-5-14-16(7-11)28-10-27-14/h3-8H,2,9-10H2,1H3,(H2,20,24)(H,21,25). The summed E-state index contributed by atoms with van der Waals surface area (Å²) in [5.41, 5.74) is 5.51. The number of aryl methyl sites for hydroxylation is 1. The van der Waals surface area contributed by atoms with Crippen LogP contribution in [-0.2, 0) is 13.2 Å². The molecule has 0 fully saturated rings. The molecule has 0 atom stereocenters. The van der Waals surface area contributed by atoms with Gasteiger partial charge in [-0.1, -0.05) is 0 Å². The average Bonchev–Trinajstić information content (AvgIpc) is 3.44. The van der Waals surface area contributed by atoms with Crippen LogP contribution in [0.2, 0.25) is 0 Å². The maximum atomic E-state index is 12.4. The first-order valence-corrected chi connectivity index (χ1v) is 8.83. The number of hydrogen-bond acceptors (Lipinski definition) is 7. The number of anilines is 1. The Morgan fingerprint density at radius 2 is 2.07 bits per heavy atom. The molecule has 1 aliphatic heterocycles. The molecule has 0 bridgehead atoms. The minimum absolute atomic E-state index is 0.0156. The average molecular weight is 398 g/mol. The minimum atomic E-state index is -0.732. The molecule has 0 saturated carbocycles. The van der Waals surface area contributed by atoms with Crippen molar-refractivity contribution < 1.29 is 28.2 Å². The highest BCUT2D eigenvalue weighted by Crippen LogP contribution is 2.35. The van der Waals surface area contributed by atoms with Gasteiger partial charge >= 0.3 is 0 Å². The number of amides is 2. The van der Waals surface area contributed by atoms with E-state index in [2.05, 4.69) is 10.4 Å². The zero-order valence-corrected chi connectivity index (χ0v) is 15.5. The normalized spacial score (nSPS) is 12.0. The first-order chi connectivity index (χ1) is 14.0. The van der Waals surface area contributed by atoms with Gasteiger partial charge in [-0.3, -0.25) is 14.3 Å². The van der Waals surface area contributed by atoms with Gasteiger partial charge in [0.25, 0.3) is 11.8 Å². The topological polar surface area (TPSA) is 131 Å². The molecule has 4 rings (SSSR count). The summed E-state index contributed by atoms with van der Waals surface area (Å²) < 4.78 is 23.2. The number of nitrogens with two attached hydrogens (primary N) is 1. The first-order valence-electron chi connectivity index (χ1n) is 8.83. The molecule has 0 saturated heterocycles. The van der Waals surface area contributed by atoms with Crippen LogP contribution in [0, 0.1) is 0 Å². The van der Waals surface area contributed by atoms with Gasteiger partial charge in [-0.25, -0.2) is 0 Å². The van der Waals surface area contributed by atoms with Crippen LogP contribution in [0.1, 0.15) is 33.7 Å². The van der Waals surface area contributed by atoms with Crippen LogP contribution in [0.4, 0.5) is 5.69 Å². The lowest BCUT2D eigenvalue weighted by Crippen LogP contribution is -2.17. The van der Waals surface area contributed by atoms with Crippen molar-refractivity contribution >= 4 is 17.5 Å². The van der Waals surface area contributed by atoms with Crippen molar-refractivity contribution in [2.45, 2.75) is 20.1 Å². The third-order valence-corrected chi connectivity index (χ3v) is 4.18. The number of aromatic nitrogens is 2. The highest BCUT2D eigenvalue weighted by atomic mass is 16.7. The number of nitrogens with one attached hydrogen (secondary N) is 1. The number of hydrogen-bond donors (Lipinski definition) is 2. The minimum Gasteiger partial charge on any atom is -0.486 e. The monoisotopic (exact) mass is 398 g/mol. The molecule has 150 valence electrons. The van der Waals surface area contributed by atoms with Gasteiger partial charge in [0, 0.05) is 18.8 Å². The van der Waals surface area contributed by atoms with E-state index in [1.165, 1.54) is 16.9 Å². The number of rotatable bonds is 7. The number of primary amides is 1. The van der Waals surface area contributed by atoms with E-state index in [4.69, 9.17) is 24.4 Å². The molecule has 1 aliphatic rings. The van der Waals surface area contributed by atoms with Crippen LogP contribution in [0.15, 0.2) is 40.9 Å². The van der Waals surface area contributed by atoms with Crippen molar-refractivity contribution in [2.75, 3.05) is 12.1 Å². The van der Waals surface area contributed by atoms with Crippen LogP contribution in [0.5, 0.6) is 17.2 Å². The van der Waals surface area contributed by atoms with Crippen molar-refractivity contribution in [3.05, 3.63) is 53.7 Å². The SMILES string of the molecule is CCn1cc(NC(=O)c2ccc(COc3ccc4c(c3)OCO4)o2)c(C(N)=O)n1. The zero-order valence-electron chi connectivity index (χ0n) is 15.5. The smallest absolute Gasteiger partial charge is 0.291 e. The summed E-state index contributed by atoms with van der Waals surface area (Å²) in [6, 6.07) is 8.37. The Hall–Kier alpha value is -3.95. The summed E-state index contributed by atoms with van der Waals surface area (Å²) in [5.74, 6) is 1.11. The number of nitrogens with zero attached hydrogens (tertiary/aromatic N) is 2. The van der Waals surface area contributed by atoms with Gasteiger partial charge in [-0.15, -0.1) is 0 Å². The Morgan fingerprint density at radius 3 is 2.86 bits per heavy atom. The van der Waals surface area contributed by atoms with Crippen molar-refractivity contribution in [2.24, 2.45) is 5.73 Å². The van der Waals surface area contributed by atoms with Crippen molar-refractivity contribution in [3.8, 4) is 17.2 Å². The van der Waals surface area contributed by atoms with Crippen LogP contribution in [0.3, 0.4) is 0 Å². The second kappa shape index (κ2) is 7.58. The van der Waals surface area contributed by atoms with E-state index in [1.54, 1.807) is 24.3 Å². The van der Waals surface area contributed by atoms with Gasteiger partial charge in [0.1, 0.15) is 18.1 Å². The predicted octanol–water partition coefficient (Wildman–Crippen LogP) is 2.15. The van der Waals surface area contributed by atoms with Gasteiger partial charge in [0.05, 0.1) is 5.69 Å². The van der Waals surface area contributed by atoms with Gasteiger partial charge < -0.3 is 29.7 Å². The molecule has 0 aliphatic carbocycles. The largest absolute Gasteiger partial charge is 0.486 e. The number of furan rings is 1. The summed E-state index contributed by atoms with van der Waals surface area (Å²) >= 11 is 0. The maximum Gasteiger partial charge on any atom is 0.291 e. The van der Waals surface area contributed by atoms with Gasteiger partial charge in [-0.05, 0) is 31.2 Å². The number of benzene rings is 1. The van der Waals surface area contributed by atoms with Crippen molar-refractivity contribution in [1.29, 1.82) is 0 Å². The molecule has 1 aromatic carbocycles.